The Morgan fingerprint density at radius 3 is 2.12 bits per heavy atom. The molecule has 0 fully saturated rings. The third-order valence-corrected chi connectivity index (χ3v) is 5.49. The van der Waals surface area contributed by atoms with Gasteiger partial charge in [0.1, 0.15) is 0 Å². The van der Waals surface area contributed by atoms with Crippen LogP contribution in [0.2, 0.25) is 0 Å². The van der Waals surface area contributed by atoms with Gasteiger partial charge in [-0.25, -0.2) is 0 Å². The van der Waals surface area contributed by atoms with Crippen molar-refractivity contribution in [2.24, 2.45) is 0 Å². The van der Waals surface area contributed by atoms with Crippen LogP contribution in [0.25, 0.3) is 21.8 Å². The molecule has 0 aliphatic carbocycles. The van der Waals surface area contributed by atoms with Gasteiger partial charge in [-0.15, -0.1) is 0 Å². The highest BCUT2D eigenvalue weighted by Gasteiger charge is 2.21. The molecular weight excluding hydrogens is 320 g/mol. The maximum atomic E-state index is 10.9. The molecule has 1 atom stereocenters. The molecular formula is C23H22N2O. The minimum Gasteiger partial charge on any atom is -0.389 e. The monoisotopic (exact) mass is 342 g/mol. The first-order valence-corrected chi connectivity index (χ1v) is 9.28. The van der Waals surface area contributed by atoms with Crippen molar-refractivity contribution < 1.29 is 5.11 Å². The predicted molar refractivity (Wildman–Crippen MR) is 108 cm³/mol. The van der Waals surface area contributed by atoms with Crippen LogP contribution in [0.3, 0.4) is 0 Å². The summed E-state index contributed by atoms with van der Waals surface area (Å²) >= 11 is 0. The van der Waals surface area contributed by atoms with E-state index >= 15 is 0 Å². The summed E-state index contributed by atoms with van der Waals surface area (Å²) in [6.45, 7) is 2.26. The second-order valence-corrected chi connectivity index (χ2v) is 7.12. The highest BCUT2D eigenvalue weighted by molar-refractivity contribution is 6.07. The molecule has 2 heterocycles. The van der Waals surface area contributed by atoms with Crippen LogP contribution in [0.5, 0.6) is 0 Å². The number of aromatic nitrogens is 1. The van der Waals surface area contributed by atoms with Gasteiger partial charge in [-0.05, 0) is 30.2 Å². The molecule has 4 aromatic rings. The SMILES string of the molecule is OC(CN1CCc2ccccc21)Cn1c2ccccc2c2ccccc21. The van der Waals surface area contributed by atoms with Crippen LogP contribution >= 0.6 is 0 Å². The molecule has 3 nitrogen and oxygen atoms in total. The number of para-hydroxylation sites is 3. The second kappa shape index (κ2) is 6.19. The zero-order valence-electron chi connectivity index (χ0n) is 14.7. The van der Waals surface area contributed by atoms with Gasteiger partial charge in [0.15, 0.2) is 0 Å². The summed E-state index contributed by atoms with van der Waals surface area (Å²) in [5.41, 5.74) is 5.04. The van der Waals surface area contributed by atoms with Gasteiger partial charge in [0, 0.05) is 40.6 Å². The fraction of sp³-hybridized carbons (Fsp3) is 0.217. The molecule has 5 rings (SSSR count). The van der Waals surface area contributed by atoms with Crippen molar-refractivity contribution in [1.82, 2.24) is 4.57 Å². The molecule has 0 spiro atoms. The average Bonchev–Trinajstić information content (AvgIpc) is 3.22. The molecule has 0 bridgehead atoms. The standard InChI is InChI=1S/C23H22N2O/c26-18(15-24-14-13-17-7-1-4-10-21(17)24)16-25-22-11-5-2-8-19(22)20-9-3-6-12-23(20)25/h1-12,18,26H,13-16H2. The van der Waals surface area contributed by atoms with Crippen molar-refractivity contribution in [3.05, 3.63) is 78.4 Å². The molecule has 1 aliphatic heterocycles. The van der Waals surface area contributed by atoms with Crippen molar-refractivity contribution in [2.75, 3.05) is 18.0 Å². The van der Waals surface area contributed by atoms with E-state index in [0.717, 1.165) is 13.0 Å². The van der Waals surface area contributed by atoms with Gasteiger partial charge in [-0.1, -0.05) is 54.6 Å². The Hall–Kier alpha value is -2.78. The quantitative estimate of drug-likeness (QED) is 0.601. The summed E-state index contributed by atoms with van der Waals surface area (Å²) in [6.07, 6.45) is 0.651. The molecule has 1 aromatic heterocycles. The number of aliphatic hydroxyl groups is 1. The summed E-state index contributed by atoms with van der Waals surface area (Å²) in [6, 6.07) is 25.4. The van der Waals surface area contributed by atoms with E-state index < -0.39 is 6.10 Å². The number of nitrogens with zero attached hydrogens (tertiary/aromatic N) is 2. The van der Waals surface area contributed by atoms with Crippen molar-refractivity contribution in [1.29, 1.82) is 0 Å². The topological polar surface area (TPSA) is 28.4 Å². The number of hydrogen-bond donors (Lipinski definition) is 1. The van der Waals surface area contributed by atoms with E-state index in [-0.39, 0.29) is 0 Å². The van der Waals surface area contributed by atoms with Gasteiger partial charge in [-0.3, -0.25) is 0 Å². The van der Waals surface area contributed by atoms with Gasteiger partial charge in [0.05, 0.1) is 12.6 Å². The summed E-state index contributed by atoms with van der Waals surface area (Å²) in [5, 5.41) is 13.4. The predicted octanol–water partition coefficient (Wildman–Crippen LogP) is 4.22. The van der Waals surface area contributed by atoms with E-state index in [4.69, 9.17) is 0 Å². The van der Waals surface area contributed by atoms with E-state index in [9.17, 15) is 5.11 Å². The lowest BCUT2D eigenvalue weighted by molar-refractivity contribution is 0.162. The number of fused-ring (bicyclic) bond motifs is 4. The minimum atomic E-state index is -0.416. The average molecular weight is 342 g/mol. The van der Waals surface area contributed by atoms with Crippen LogP contribution in [-0.2, 0) is 13.0 Å². The van der Waals surface area contributed by atoms with Gasteiger partial charge < -0.3 is 14.6 Å². The maximum absolute atomic E-state index is 10.9. The molecule has 0 saturated carbocycles. The molecule has 0 saturated heterocycles. The number of β-amino-alcohol motifs (C(OH)–C–C–N with tert-alkyl or cyclic N) is 1. The maximum Gasteiger partial charge on any atom is 0.0893 e. The van der Waals surface area contributed by atoms with Crippen LogP contribution < -0.4 is 4.90 Å². The Labute approximate surface area is 153 Å². The second-order valence-electron chi connectivity index (χ2n) is 7.12. The molecule has 3 aromatic carbocycles. The number of hydrogen-bond acceptors (Lipinski definition) is 2. The number of anilines is 1. The summed E-state index contributed by atoms with van der Waals surface area (Å²) in [5.74, 6) is 0. The Morgan fingerprint density at radius 1 is 0.769 bits per heavy atom. The number of benzene rings is 3. The highest BCUT2D eigenvalue weighted by Crippen LogP contribution is 2.30. The van der Waals surface area contributed by atoms with Crippen LogP contribution in [0.4, 0.5) is 5.69 Å². The van der Waals surface area contributed by atoms with Gasteiger partial charge >= 0.3 is 0 Å². The smallest absolute Gasteiger partial charge is 0.0893 e. The van der Waals surface area contributed by atoms with E-state index in [0.29, 0.717) is 13.1 Å². The van der Waals surface area contributed by atoms with Gasteiger partial charge in [-0.2, -0.15) is 0 Å². The number of aliphatic hydroxyl groups excluding tert-OH is 1. The van der Waals surface area contributed by atoms with Crippen molar-refractivity contribution in [2.45, 2.75) is 19.1 Å². The Balaban J connectivity index is 1.46. The highest BCUT2D eigenvalue weighted by atomic mass is 16.3. The summed E-state index contributed by atoms with van der Waals surface area (Å²) in [4.78, 5) is 2.31. The first kappa shape index (κ1) is 15.5. The minimum absolute atomic E-state index is 0.416. The lowest BCUT2D eigenvalue weighted by Gasteiger charge is -2.23. The van der Waals surface area contributed by atoms with Crippen molar-refractivity contribution in [3.8, 4) is 0 Å². The summed E-state index contributed by atoms with van der Waals surface area (Å²) < 4.78 is 2.26. The van der Waals surface area contributed by atoms with E-state index in [1.165, 1.54) is 33.1 Å². The van der Waals surface area contributed by atoms with Crippen molar-refractivity contribution >= 4 is 27.5 Å². The molecule has 1 unspecified atom stereocenters. The fourth-order valence-corrected chi connectivity index (χ4v) is 4.32. The number of rotatable bonds is 4. The van der Waals surface area contributed by atoms with Crippen LogP contribution in [0, 0.1) is 0 Å². The Bertz CT molecular complexity index is 1030. The van der Waals surface area contributed by atoms with Gasteiger partial charge in [0.2, 0.25) is 0 Å². The van der Waals surface area contributed by atoms with E-state index in [2.05, 4.69) is 82.3 Å². The molecule has 26 heavy (non-hydrogen) atoms. The van der Waals surface area contributed by atoms with Crippen LogP contribution in [0.1, 0.15) is 5.56 Å². The Morgan fingerprint density at radius 2 is 1.38 bits per heavy atom. The molecule has 1 N–H and O–H groups in total. The fourth-order valence-electron chi connectivity index (χ4n) is 4.32. The first-order valence-electron chi connectivity index (χ1n) is 9.28. The Kier molecular flexibility index (Phi) is 3.68. The van der Waals surface area contributed by atoms with Gasteiger partial charge in [0.25, 0.3) is 0 Å². The zero-order chi connectivity index (χ0) is 17.5. The van der Waals surface area contributed by atoms with E-state index in [1.807, 2.05) is 0 Å². The van der Waals surface area contributed by atoms with Crippen LogP contribution in [-0.4, -0.2) is 28.9 Å². The molecule has 3 heteroatoms. The zero-order valence-corrected chi connectivity index (χ0v) is 14.7. The molecule has 1 aliphatic rings. The molecule has 130 valence electrons. The normalized spacial score (nSPS) is 14.9. The lowest BCUT2D eigenvalue weighted by atomic mass is 10.2. The third kappa shape index (κ3) is 2.47. The molecule has 0 radical (unpaired) electrons. The third-order valence-electron chi connectivity index (χ3n) is 5.49. The summed E-state index contributed by atoms with van der Waals surface area (Å²) in [7, 11) is 0. The van der Waals surface area contributed by atoms with Crippen LogP contribution in [0.15, 0.2) is 72.8 Å². The largest absolute Gasteiger partial charge is 0.389 e. The first-order chi connectivity index (χ1) is 12.8. The lowest BCUT2D eigenvalue weighted by Crippen LogP contribution is -2.33. The molecule has 0 amide bonds. The van der Waals surface area contributed by atoms with Crippen molar-refractivity contribution in [3.63, 3.8) is 0 Å². The van der Waals surface area contributed by atoms with E-state index in [1.54, 1.807) is 0 Å².